The zero-order chi connectivity index (χ0) is 21.4. The fourth-order valence-electron chi connectivity index (χ4n) is 3.23. The molecule has 1 aromatic carbocycles. The highest BCUT2D eigenvalue weighted by Gasteiger charge is 2.27. The van der Waals surface area contributed by atoms with E-state index in [2.05, 4.69) is 4.72 Å². The molecule has 0 saturated carbocycles. The third kappa shape index (κ3) is 6.24. The second-order valence-corrected chi connectivity index (χ2v) is 8.73. The summed E-state index contributed by atoms with van der Waals surface area (Å²) in [5, 5.41) is 0. The van der Waals surface area contributed by atoms with Gasteiger partial charge in [0.2, 0.25) is 15.8 Å². The molecule has 0 atom stereocenters. The highest BCUT2D eigenvalue weighted by molar-refractivity contribution is 7.89. The van der Waals surface area contributed by atoms with Crippen molar-refractivity contribution in [2.24, 2.45) is 0 Å². The van der Waals surface area contributed by atoms with Crippen molar-refractivity contribution < 1.29 is 27.4 Å². The number of piperidine rings is 1. The number of rotatable bonds is 10. The Morgan fingerprint density at radius 2 is 1.52 bits per heavy atom. The van der Waals surface area contributed by atoms with Crippen LogP contribution in [0.25, 0.3) is 0 Å². The third-order valence-electron chi connectivity index (χ3n) is 4.66. The van der Waals surface area contributed by atoms with E-state index in [9.17, 15) is 13.2 Å². The van der Waals surface area contributed by atoms with Crippen molar-refractivity contribution in [1.82, 2.24) is 9.62 Å². The molecular formula is C20H32N2O6S. The molecule has 1 aliphatic rings. The van der Waals surface area contributed by atoms with Crippen LogP contribution in [-0.4, -0.2) is 63.9 Å². The highest BCUT2D eigenvalue weighted by Crippen LogP contribution is 2.39. The van der Waals surface area contributed by atoms with Gasteiger partial charge in [0.1, 0.15) is 0 Å². The van der Waals surface area contributed by atoms with Crippen molar-refractivity contribution in [2.75, 3.05) is 38.7 Å². The summed E-state index contributed by atoms with van der Waals surface area (Å²) in [5.74, 6) is 1.38. The fraction of sp³-hybridized carbons (Fsp3) is 0.650. The van der Waals surface area contributed by atoms with Crippen molar-refractivity contribution in [3.8, 4) is 17.2 Å². The highest BCUT2D eigenvalue weighted by atomic mass is 32.2. The van der Waals surface area contributed by atoms with E-state index in [0.29, 0.717) is 68.6 Å². The number of hydrogen-bond acceptors (Lipinski definition) is 6. The molecule has 0 radical (unpaired) electrons. The predicted molar refractivity (Wildman–Crippen MR) is 111 cm³/mol. The summed E-state index contributed by atoms with van der Waals surface area (Å²) < 4.78 is 43.3. The summed E-state index contributed by atoms with van der Waals surface area (Å²) in [6.07, 6.45) is 1.16. The number of benzene rings is 1. The van der Waals surface area contributed by atoms with E-state index in [1.54, 1.807) is 24.0 Å². The Morgan fingerprint density at radius 1 is 1.00 bits per heavy atom. The summed E-state index contributed by atoms with van der Waals surface area (Å²) in [7, 11) is -3.24. The van der Waals surface area contributed by atoms with E-state index >= 15 is 0 Å². The molecule has 1 fully saturated rings. The molecule has 0 aromatic heterocycles. The molecule has 2 rings (SSSR count). The van der Waals surface area contributed by atoms with Crippen LogP contribution in [0.15, 0.2) is 12.1 Å². The first-order chi connectivity index (χ1) is 13.8. The van der Waals surface area contributed by atoms with Crippen molar-refractivity contribution in [3.63, 3.8) is 0 Å². The van der Waals surface area contributed by atoms with Gasteiger partial charge >= 0.3 is 0 Å². The third-order valence-corrected chi connectivity index (χ3v) is 6.12. The minimum atomic E-state index is -3.24. The quantitative estimate of drug-likeness (QED) is 0.615. The van der Waals surface area contributed by atoms with E-state index in [0.717, 1.165) is 0 Å². The molecule has 8 nitrogen and oxygen atoms in total. The van der Waals surface area contributed by atoms with E-state index < -0.39 is 10.0 Å². The Bertz CT molecular complexity index is 761. The normalized spacial score (nSPS) is 15.2. The van der Waals surface area contributed by atoms with Crippen LogP contribution in [0.4, 0.5) is 0 Å². The van der Waals surface area contributed by atoms with Crippen LogP contribution < -0.4 is 18.9 Å². The SMILES string of the molecule is CCOc1cc(C(=O)N2CCC(NS(=O)(=O)CC)CC2)cc(OCC)c1OCC. The lowest BCUT2D eigenvalue weighted by Crippen LogP contribution is -2.46. The van der Waals surface area contributed by atoms with Gasteiger partial charge in [0.15, 0.2) is 11.5 Å². The minimum absolute atomic E-state index is 0.0543. The second kappa shape index (κ2) is 10.7. The largest absolute Gasteiger partial charge is 0.490 e. The Hall–Kier alpha value is -2.00. The van der Waals surface area contributed by atoms with Gasteiger partial charge in [0.05, 0.1) is 25.6 Å². The van der Waals surface area contributed by atoms with Crippen LogP contribution in [-0.2, 0) is 10.0 Å². The zero-order valence-electron chi connectivity index (χ0n) is 17.7. The molecule has 29 heavy (non-hydrogen) atoms. The van der Waals surface area contributed by atoms with Gasteiger partial charge in [-0.25, -0.2) is 13.1 Å². The van der Waals surface area contributed by atoms with E-state index in [1.165, 1.54) is 0 Å². The van der Waals surface area contributed by atoms with E-state index in [-0.39, 0.29) is 17.7 Å². The molecule has 0 bridgehead atoms. The number of sulfonamides is 1. The first-order valence-corrected chi connectivity index (χ1v) is 11.9. The van der Waals surface area contributed by atoms with E-state index in [4.69, 9.17) is 14.2 Å². The van der Waals surface area contributed by atoms with Gasteiger partial charge < -0.3 is 19.1 Å². The molecule has 1 N–H and O–H groups in total. The van der Waals surface area contributed by atoms with Crippen LogP contribution in [0.1, 0.15) is 50.9 Å². The Morgan fingerprint density at radius 3 is 1.97 bits per heavy atom. The summed E-state index contributed by atoms with van der Waals surface area (Å²) in [6, 6.07) is 3.23. The fourth-order valence-corrected chi connectivity index (χ4v) is 4.14. The Labute approximate surface area is 173 Å². The first kappa shape index (κ1) is 23.3. The molecule has 0 unspecified atom stereocenters. The molecule has 1 heterocycles. The smallest absolute Gasteiger partial charge is 0.254 e. The number of ether oxygens (including phenoxy) is 3. The van der Waals surface area contributed by atoms with Crippen molar-refractivity contribution >= 4 is 15.9 Å². The van der Waals surface area contributed by atoms with Gasteiger partial charge in [-0.1, -0.05) is 0 Å². The lowest BCUT2D eigenvalue weighted by molar-refractivity contribution is 0.0710. The minimum Gasteiger partial charge on any atom is -0.490 e. The molecule has 0 aliphatic carbocycles. The van der Waals surface area contributed by atoms with Crippen molar-refractivity contribution in [3.05, 3.63) is 17.7 Å². The van der Waals surface area contributed by atoms with E-state index in [1.807, 2.05) is 20.8 Å². The van der Waals surface area contributed by atoms with Gasteiger partial charge in [-0.2, -0.15) is 0 Å². The second-order valence-electron chi connectivity index (χ2n) is 6.69. The zero-order valence-corrected chi connectivity index (χ0v) is 18.5. The number of hydrogen-bond donors (Lipinski definition) is 1. The van der Waals surface area contributed by atoms with Crippen LogP contribution in [0.5, 0.6) is 17.2 Å². The molecule has 164 valence electrons. The number of likely N-dealkylation sites (tertiary alicyclic amines) is 1. The van der Waals surface area contributed by atoms with Crippen molar-refractivity contribution in [2.45, 2.75) is 46.6 Å². The molecule has 1 amide bonds. The van der Waals surface area contributed by atoms with Gasteiger partial charge in [-0.3, -0.25) is 4.79 Å². The molecule has 1 aromatic rings. The molecule has 1 aliphatic heterocycles. The Kier molecular flexibility index (Phi) is 8.58. The predicted octanol–water partition coefficient (Wildman–Crippen LogP) is 2.43. The average molecular weight is 429 g/mol. The van der Waals surface area contributed by atoms with Gasteiger partial charge in [0.25, 0.3) is 5.91 Å². The summed E-state index contributed by atoms with van der Waals surface area (Å²) >= 11 is 0. The maximum absolute atomic E-state index is 13.1. The topological polar surface area (TPSA) is 94.2 Å². The van der Waals surface area contributed by atoms with Crippen LogP contribution in [0.3, 0.4) is 0 Å². The molecule has 1 saturated heterocycles. The first-order valence-electron chi connectivity index (χ1n) is 10.2. The van der Waals surface area contributed by atoms with Crippen molar-refractivity contribution in [1.29, 1.82) is 0 Å². The monoisotopic (exact) mass is 428 g/mol. The van der Waals surface area contributed by atoms with Gasteiger partial charge in [-0.05, 0) is 52.7 Å². The lowest BCUT2D eigenvalue weighted by atomic mass is 10.0. The molecule has 0 spiro atoms. The summed E-state index contributed by atoms with van der Waals surface area (Å²) in [4.78, 5) is 14.8. The van der Waals surface area contributed by atoms with Gasteiger partial charge in [0, 0.05) is 24.7 Å². The number of nitrogens with one attached hydrogen (secondary N) is 1. The number of carbonyl (C=O) groups is 1. The maximum atomic E-state index is 13.1. The summed E-state index contributed by atoms with van der Waals surface area (Å²) in [5.41, 5.74) is 0.466. The number of carbonyl (C=O) groups excluding carboxylic acids is 1. The standard InChI is InChI=1S/C20H32N2O6S/c1-5-26-17-13-15(14-18(27-6-2)19(17)28-7-3)20(23)22-11-9-16(10-12-22)21-29(24,25)8-4/h13-14,16,21H,5-12H2,1-4H3. The molecular weight excluding hydrogens is 396 g/mol. The number of nitrogens with zero attached hydrogens (tertiary/aromatic N) is 1. The van der Waals surface area contributed by atoms with Crippen LogP contribution in [0, 0.1) is 0 Å². The Balaban J connectivity index is 2.18. The van der Waals surface area contributed by atoms with Gasteiger partial charge in [-0.15, -0.1) is 0 Å². The molecule has 9 heteroatoms. The average Bonchev–Trinajstić information content (AvgIpc) is 2.70. The number of amides is 1. The lowest BCUT2D eigenvalue weighted by Gasteiger charge is -2.32. The summed E-state index contributed by atoms with van der Waals surface area (Å²) in [6.45, 7) is 9.51. The maximum Gasteiger partial charge on any atom is 0.254 e. The van der Waals surface area contributed by atoms with Crippen LogP contribution >= 0.6 is 0 Å². The van der Waals surface area contributed by atoms with Crippen LogP contribution in [0.2, 0.25) is 0 Å².